The van der Waals surface area contributed by atoms with Crippen LogP contribution in [0.4, 0.5) is 18.9 Å². The van der Waals surface area contributed by atoms with E-state index in [4.69, 9.17) is 24.9 Å². The summed E-state index contributed by atoms with van der Waals surface area (Å²) in [6, 6.07) is 3.97. The normalized spacial score (nSPS) is 30.4. The first-order valence-corrected chi connectivity index (χ1v) is 30.0. The zero-order valence-corrected chi connectivity index (χ0v) is 48.4. The summed E-state index contributed by atoms with van der Waals surface area (Å²) in [6.07, 6.45) is -2.53. The average molecular weight is 1140 g/mol. The van der Waals surface area contributed by atoms with Crippen molar-refractivity contribution < 1.29 is 47.3 Å². The molecule has 1 aromatic carbocycles. The molecule has 2 N–H and O–H groups in total. The van der Waals surface area contributed by atoms with E-state index in [1.54, 1.807) is 25.3 Å². The molecule has 8 aliphatic rings. The van der Waals surface area contributed by atoms with Crippen molar-refractivity contribution in [3.63, 3.8) is 0 Å². The van der Waals surface area contributed by atoms with Crippen molar-refractivity contribution in [2.24, 2.45) is 22.7 Å². The lowest BCUT2D eigenvalue weighted by Crippen LogP contribution is -2.62. The van der Waals surface area contributed by atoms with E-state index < -0.39 is 73.0 Å². The third-order valence-electron chi connectivity index (χ3n) is 18.6. The number of carbonyl (C=O) groups excluding carboxylic acids is 4. The highest BCUT2D eigenvalue weighted by molar-refractivity contribution is 7.10. The first-order valence-electron chi connectivity index (χ1n) is 31.2. The number of fused-ring (bicyclic) bond motifs is 6. The number of nitrogens with one attached hydrogen (secondary N) is 2. The van der Waals surface area contributed by atoms with Gasteiger partial charge < -0.3 is 29.2 Å². The number of amides is 3. The Labute approximate surface area is 482 Å². The summed E-state index contributed by atoms with van der Waals surface area (Å²) in [5, 5.41) is 7.51. The van der Waals surface area contributed by atoms with Crippen LogP contribution in [0.5, 0.6) is 0 Å². The Balaban J connectivity index is 0.873. The van der Waals surface area contributed by atoms with Crippen LogP contribution >= 0.6 is 11.3 Å². The number of piperazine rings is 1. The Kier molecular flexibility index (Phi) is 13.8. The lowest BCUT2D eigenvalue weighted by atomic mass is 9.84. The molecule has 6 bridgehead atoms. The number of nitrogens with zero attached hydrogens (tertiary/aromatic N) is 9. The molecule has 0 radical (unpaired) electrons. The molecule has 6 aliphatic heterocycles. The lowest BCUT2D eigenvalue weighted by molar-refractivity contribution is -0.155. The topological polar surface area (TPSA) is 161 Å². The predicted molar refractivity (Wildman–Crippen MR) is 303 cm³/mol. The molecule has 1 spiro atoms. The van der Waals surface area contributed by atoms with Crippen LogP contribution < -0.4 is 15.6 Å². The van der Waals surface area contributed by atoms with Gasteiger partial charge in [-0.25, -0.2) is 10.4 Å². The van der Waals surface area contributed by atoms with Crippen LogP contribution in [0.2, 0.25) is 0 Å². The summed E-state index contributed by atoms with van der Waals surface area (Å²) >= 11 is 1.31. The van der Waals surface area contributed by atoms with Crippen LogP contribution in [-0.4, -0.2) is 185 Å². The van der Waals surface area contributed by atoms with E-state index in [0.29, 0.717) is 127 Å². The van der Waals surface area contributed by atoms with E-state index in [0.717, 1.165) is 12.8 Å². The number of carbonyl (C=O) groups is 4. The van der Waals surface area contributed by atoms with E-state index in [1.807, 2.05) is 59.9 Å². The summed E-state index contributed by atoms with van der Waals surface area (Å²) < 4.78 is 92.0. The van der Waals surface area contributed by atoms with Gasteiger partial charge in [0.2, 0.25) is 11.8 Å². The SMILES string of the molecule is [2H]C1([2H])C(N2CCN(c3cnc([C@H](C)OC)c(-c4c5c6cc(ccc6n4CC(F)(F)F)-c4csc(n4)C[C@H](NC(=O)[C@H](C(C)C)N4CC[C@]6(CCN(C(=O)[C@H]7[C@@H](C8CC8)N7C)C6)C4)C(=O)N4CCC[C@H](N4)C(=O)OCC(C)(C)C5)c3)CC2)C1([2H])[2H]. The fourth-order valence-electron chi connectivity index (χ4n) is 14.0. The van der Waals surface area contributed by atoms with Gasteiger partial charge >= 0.3 is 12.1 Å². The minimum atomic E-state index is -4.67. The Morgan fingerprint density at radius 2 is 1.78 bits per heavy atom. The van der Waals surface area contributed by atoms with Gasteiger partial charge in [-0.15, -0.1) is 11.3 Å². The largest absolute Gasteiger partial charge is 0.464 e. The van der Waals surface area contributed by atoms with Crippen molar-refractivity contribution in [2.45, 2.75) is 154 Å². The summed E-state index contributed by atoms with van der Waals surface area (Å²) in [5.74, 6) is -0.608. The van der Waals surface area contributed by atoms with Gasteiger partial charge in [0, 0.05) is 122 Å². The van der Waals surface area contributed by atoms with Gasteiger partial charge in [0.05, 0.1) is 52.7 Å². The van der Waals surface area contributed by atoms with E-state index in [2.05, 4.69) is 27.6 Å². The minimum absolute atomic E-state index is 0.0174. The standard InChI is InChI=1S/C60H80F3N11O6S/c1-35(2)50(71-19-16-59(31-71)17-20-72(32-59)56(77)53-51(68(53)6)37-10-11-37)54(75)66-45-27-48-65-46(30-81-48)38-12-15-47-41(25-38)43(28-58(4,5)34-80-57(78)44-9-8-18-74(67-44)55(45)76)52(73(47)33-60(61,62)63)42-26-40(29-64-49(42)36(3)79-7)70-23-21-69(22-24-70)39-13-14-39/h12,15,25-26,29-30,35-37,39,44-45,50-51,53,67H,8-11,13-14,16-24,27-28,31-34H2,1-7H3,(H,66,75)/t36-,44-,45-,50-,51+,53+,59-,68?/m0/s1/i13D2,14D2. The van der Waals surface area contributed by atoms with E-state index >= 15 is 13.2 Å². The number of rotatable bonds is 12. The van der Waals surface area contributed by atoms with Gasteiger partial charge in [-0.2, -0.15) is 13.2 Å². The first-order chi connectivity index (χ1) is 40.2. The van der Waals surface area contributed by atoms with Crippen LogP contribution in [0.15, 0.2) is 35.8 Å². The Bertz CT molecular complexity index is 3250. The number of halogens is 3. The Morgan fingerprint density at radius 1 is 1.01 bits per heavy atom. The number of pyridine rings is 1. The number of benzene rings is 1. The van der Waals surface area contributed by atoms with Gasteiger partial charge in [0.15, 0.2) is 0 Å². The highest BCUT2D eigenvalue weighted by atomic mass is 32.1. The molecule has 2 aliphatic carbocycles. The fourth-order valence-corrected chi connectivity index (χ4v) is 14.8. The zero-order chi connectivity index (χ0) is 60.4. The second kappa shape index (κ2) is 21.8. The quantitative estimate of drug-likeness (QED) is 0.110. The number of methoxy groups -OCH3 is 1. The minimum Gasteiger partial charge on any atom is -0.464 e. The number of hydrogen-bond acceptors (Lipinski definition) is 14. The van der Waals surface area contributed by atoms with Crippen LogP contribution in [0.1, 0.15) is 114 Å². The molecule has 12 rings (SSSR count). The number of likely N-dealkylation sites (tertiary alicyclic amines) is 2. The van der Waals surface area contributed by atoms with E-state index in [9.17, 15) is 19.2 Å². The molecule has 7 fully saturated rings. The third-order valence-corrected chi connectivity index (χ3v) is 19.4. The maximum absolute atomic E-state index is 15.2. The molecular formula is C60H80F3N11O6S. The molecule has 1 unspecified atom stereocenters. The number of alkyl halides is 3. The molecule has 3 aromatic heterocycles. The second-order valence-electron chi connectivity index (χ2n) is 25.5. The molecule has 5 saturated heterocycles. The zero-order valence-electron chi connectivity index (χ0n) is 51.6. The summed E-state index contributed by atoms with van der Waals surface area (Å²) in [6.45, 7) is 12.6. The Morgan fingerprint density at radius 3 is 2.49 bits per heavy atom. The van der Waals surface area contributed by atoms with Crippen LogP contribution in [-0.2, 0) is 48.0 Å². The van der Waals surface area contributed by atoms with Gasteiger partial charge in [-0.3, -0.25) is 43.9 Å². The molecule has 81 heavy (non-hydrogen) atoms. The molecule has 438 valence electrons. The summed E-state index contributed by atoms with van der Waals surface area (Å²) in [7, 11) is 3.56. The van der Waals surface area contributed by atoms with Crippen molar-refractivity contribution in [1.82, 2.24) is 49.9 Å². The number of hydrogen-bond donors (Lipinski definition) is 2. The van der Waals surface area contributed by atoms with Gasteiger partial charge in [0.25, 0.3) is 5.91 Å². The van der Waals surface area contributed by atoms with Gasteiger partial charge in [0.1, 0.15) is 24.7 Å². The number of anilines is 1. The molecule has 8 atom stereocenters. The second-order valence-corrected chi connectivity index (χ2v) is 26.4. The fraction of sp³-hybridized carbons (Fsp3) is 0.667. The predicted octanol–water partition coefficient (Wildman–Crippen LogP) is 7.07. The monoisotopic (exact) mass is 1140 g/mol. The Hall–Kier alpha value is -5.19. The summed E-state index contributed by atoms with van der Waals surface area (Å²) in [5.41, 5.74) is 5.88. The van der Waals surface area contributed by atoms with Crippen LogP contribution in [0.25, 0.3) is 33.4 Å². The number of aromatic nitrogens is 3. The van der Waals surface area contributed by atoms with Gasteiger partial charge in [-0.05, 0) is 114 Å². The van der Waals surface area contributed by atoms with E-state index in [1.165, 1.54) is 40.9 Å². The molecule has 9 heterocycles. The smallest absolute Gasteiger partial charge is 0.406 e. The third kappa shape index (κ3) is 11.5. The number of ether oxygens (including phenoxy) is 2. The van der Waals surface area contributed by atoms with Gasteiger partial charge in [-0.1, -0.05) is 33.8 Å². The highest BCUT2D eigenvalue weighted by Gasteiger charge is 2.59. The number of hydrazine groups is 1. The highest BCUT2D eigenvalue weighted by Crippen LogP contribution is 2.49. The van der Waals surface area contributed by atoms with E-state index in [-0.39, 0.29) is 60.9 Å². The molecule has 21 heteroatoms. The molecule has 2 saturated carbocycles. The van der Waals surface area contributed by atoms with Crippen molar-refractivity contribution >= 4 is 51.6 Å². The molecular weight excluding hydrogens is 1060 g/mol. The number of thiazole rings is 1. The van der Waals surface area contributed by atoms with Crippen LogP contribution in [0.3, 0.4) is 0 Å². The lowest BCUT2D eigenvalue weighted by Gasteiger charge is -2.37. The maximum atomic E-state index is 15.2. The number of cyclic esters (lactones) is 1. The first kappa shape index (κ1) is 51.4. The summed E-state index contributed by atoms with van der Waals surface area (Å²) in [4.78, 5) is 78.2. The molecule has 17 nitrogen and oxygen atoms in total. The van der Waals surface area contributed by atoms with Crippen molar-refractivity contribution in [1.29, 1.82) is 0 Å². The average Bonchev–Trinajstić information content (AvgIpc) is 1.67. The van der Waals surface area contributed by atoms with Crippen molar-refractivity contribution in [2.75, 3.05) is 84.6 Å². The van der Waals surface area contributed by atoms with Crippen molar-refractivity contribution in [3.8, 4) is 22.5 Å². The molecule has 3 amide bonds. The molecule has 4 aromatic rings. The number of esters is 1. The van der Waals surface area contributed by atoms with Crippen LogP contribution in [0, 0.1) is 22.7 Å². The maximum Gasteiger partial charge on any atom is 0.406 e. The van der Waals surface area contributed by atoms with Crippen molar-refractivity contribution in [3.05, 3.63) is 52.1 Å². The number of likely N-dealkylation sites (N-methyl/N-ethyl adjacent to an activating group) is 1.